The van der Waals surface area contributed by atoms with Crippen LogP contribution in [0.15, 0.2) is 71.7 Å². The van der Waals surface area contributed by atoms with Gasteiger partial charge in [0.2, 0.25) is 11.8 Å². The fourth-order valence-electron chi connectivity index (χ4n) is 4.34. The quantitative estimate of drug-likeness (QED) is 0.473. The standard InChI is InChI=1S/C26H22ClN5O3/c1-16(33)29-22-7-4-14-31(26(22)35)19-11-8-17(9-12-19)24-30-21-6-3-2-5-20(21)25(34)32(24)23-13-10-18(27)15-28-23/h2-3,5-6,8-13,15,22H,4,7,14H2,1H3,(H,29,33). The Labute approximate surface area is 206 Å². The molecule has 1 fully saturated rings. The van der Waals surface area contributed by atoms with Gasteiger partial charge in [0.05, 0.1) is 15.9 Å². The third kappa shape index (κ3) is 4.40. The molecule has 0 spiro atoms. The van der Waals surface area contributed by atoms with E-state index in [1.165, 1.54) is 17.7 Å². The van der Waals surface area contributed by atoms with Gasteiger partial charge in [-0.05, 0) is 61.4 Å². The van der Waals surface area contributed by atoms with E-state index in [2.05, 4.69) is 10.3 Å². The molecule has 4 aromatic rings. The van der Waals surface area contributed by atoms with Crippen molar-refractivity contribution >= 4 is 40.0 Å². The first-order chi connectivity index (χ1) is 16.9. The molecule has 1 atom stereocenters. The molecule has 0 bridgehead atoms. The Morgan fingerprint density at radius 3 is 2.54 bits per heavy atom. The Balaban J connectivity index is 1.57. The highest BCUT2D eigenvalue weighted by molar-refractivity contribution is 6.30. The van der Waals surface area contributed by atoms with E-state index in [4.69, 9.17) is 16.6 Å². The van der Waals surface area contributed by atoms with Gasteiger partial charge in [0.1, 0.15) is 17.7 Å². The van der Waals surface area contributed by atoms with Crippen LogP contribution in [0.3, 0.4) is 0 Å². The molecular formula is C26H22ClN5O3. The van der Waals surface area contributed by atoms with Crippen molar-refractivity contribution in [1.29, 1.82) is 0 Å². The van der Waals surface area contributed by atoms with Gasteiger partial charge in [-0.3, -0.25) is 14.4 Å². The highest BCUT2D eigenvalue weighted by atomic mass is 35.5. The van der Waals surface area contributed by atoms with E-state index >= 15 is 0 Å². The number of rotatable bonds is 4. The lowest BCUT2D eigenvalue weighted by atomic mass is 10.0. The molecule has 1 unspecified atom stereocenters. The summed E-state index contributed by atoms with van der Waals surface area (Å²) in [6.45, 7) is 1.98. The highest BCUT2D eigenvalue weighted by Gasteiger charge is 2.30. The van der Waals surface area contributed by atoms with Gasteiger partial charge in [-0.25, -0.2) is 14.5 Å². The number of hydrogen-bond donors (Lipinski definition) is 1. The Kier molecular flexibility index (Phi) is 6.05. The van der Waals surface area contributed by atoms with Gasteiger partial charge in [-0.2, -0.15) is 0 Å². The minimum atomic E-state index is -0.524. The first-order valence-electron chi connectivity index (χ1n) is 11.2. The zero-order valence-electron chi connectivity index (χ0n) is 18.9. The van der Waals surface area contributed by atoms with Crippen LogP contribution in [0.1, 0.15) is 19.8 Å². The van der Waals surface area contributed by atoms with Crippen LogP contribution in [0.4, 0.5) is 5.69 Å². The maximum atomic E-state index is 13.5. The SMILES string of the molecule is CC(=O)NC1CCCN(c2ccc(-c3nc4ccccc4c(=O)n3-c3ccc(Cl)cn3)cc2)C1=O. The van der Waals surface area contributed by atoms with Gasteiger partial charge in [0.25, 0.3) is 5.56 Å². The fraction of sp³-hybridized carbons (Fsp3) is 0.192. The molecule has 2 aromatic heterocycles. The van der Waals surface area contributed by atoms with E-state index in [-0.39, 0.29) is 17.4 Å². The zero-order chi connectivity index (χ0) is 24.5. The number of carbonyl (C=O) groups is 2. The van der Waals surface area contributed by atoms with Gasteiger partial charge in [-0.15, -0.1) is 0 Å². The normalized spacial score (nSPS) is 15.9. The molecule has 1 aliphatic rings. The van der Waals surface area contributed by atoms with Crippen molar-refractivity contribution in [2.75, 3.05) is 11.4 Å². The second-order valence-corrected chi connectivity index (χ2v) is 8.80. The first kappa shape index (κ1) is 22.7. The minimum absolute atomic E-state index is 0.134. The van der Waals surface area contributed by atoms with Crippen LogP contribution in [0, 0.1) is 0 Å². The summed E-state index contributed by atoms with van der Waals surface area (Å²) < 4.78 is 1.46. The second kappa shape index (κ2) is 9.31. The molecule has 8 nitrogen and oxygen atoms in total. The number of benzene rings is 2. The summed E-state index contributed by atoms with van der Waals surface area (Å²) in [5.41, 5.74) is 1.74. The minimum Gasteiger partial charge on any atom is -0.345 e. The summed E-state index contributed by atoms with van der Waals surface area (Å²) >= 11 is 6.01. The van der Waals surface area contributed by atoms with Crippen LogP contribution < -0.4 is 15.8 Å². The number of nitrogens with one attached hydrogen (secondary N) is 1. The maximum absolute atomic E-state index is 13.5. The molecule has 2 amide bonds. The smallest absolute Gasteiger partial charge is 0.267 e. The number of halogens is 1. The Hall–Kier alpha value is -4.04. The molecular weight excluding hydrogens is 466 g/mol. The molecule has 1 saturated heterocycles. The van der Waals surface area contributed by atoms with Crippen molar-refractivity contribution < 1.29 is 9.59 Å². The van der Waals surface area contributed by atoms with Gasteiger partial charge in [0.15, 0.2) is 0 Å². The van der Waals surface area contributed by atoms with E-state index in [1.54, 1.807) is 35.2 Å². The molecule has 1 aliphatic heterocycles. The van der Waals surface area contributed by atoms with Crippen molar-refractivity contribution in [3.63, 3.8) is 0 Å². The van der Waals surface area contributed by atoms with Crippen molar-refractivity contribution in [3.05, 3.63) is 82.2 Å². The number of pyridine rings is 1. The molecule has 0 saturated carbocycles. The van der Waals surface area contributed by atoms with Crippen molar-refractivity contribution in [1.82, 2.24) is 19.9 Å². The molecule has 9 heteroatoms. The van der Waals surface area contributed by atoms with E-state index in [1.807, 2.05) is 30.3 Å². The van der Waals surface area contributed by atoms with Crippen LogP contribution in [0.2, 0.25) is 5.02 Å². The van der Waals surface area contributed by atoms with Gasteiger partial charge >= 0.3 is 0 Å². The lowest BCUT2D eigenvalue weighted by molar-refractivity contribution is -0.127. The Morgan fingerprint density at radius 1 is 1.06 bits per heavy atom. The number of anilines is 1. The summed E-state index contributed by atoms with van der Waals surface area (Å²) in [6, 6.07) is 17.3. The Bertz CT molecular complexity index is 1480. The average molecular weight is 488 g/mol. The molecule has 0 aliphatic carbocycles. The molecule has 176 valence electrons. The number of aromatic nitrogens is 3. The zero-order valence-corrected chi connectivity index (χ0v) is 19.7. The van der Waals surface area contributed by atoms with Crippen LogP contribution in [-0.2, 0) is 9.59 Å². The molecule has 5 rings (SSSR count). The van der Waals surface area contributed by atoms with Crippen LogP contribution >= 0.6 is 11.6 Å². The molecule has 1 N–H and O–H groups in total. The third-order valence-corrected chi connectivity index (χ3v) is 6.19. The average Bonchev–Trinajstić information content (AvgIpc) is 2.86. The van der Waals surface area contributed by atoms with Gasteiger partial charge in [0, 0.05) is 30.9 Å². The number of hydrogen-bond acceptors (Lipinski definition) is 5. The monoisotopic (exact) mass is 487 g/mol. The van der Waals surface area contributed by atoms with E-state index in [0.717, 1.165) is 6.42 Å². The van der Waals surface area contributed by atoms with E-state index in [0.29, 0.717) is 51.8 Å². The van der Waals surface area contributed by atoms with Crippen LogP contribution in [-0.4, -0.2) is 38.9 Å². The van der Waals surface area contributed by atoms with E-state index in [9.17, 15) is 14.4 Å². The molecule has 3 heterocycles. The second-order valence-electron chi connectivity index (χ2n) is 8.36. The fourth-order valence-corrected chi connectivity index (χ4v) is 4.45. The van der Waals surface area contributed by atoms with Crippen molar-refractivity contribution in [3.8, 4) is 17.2 Å². The topological polar surface area (TPSA) is 97.2 Å². The third-order valence-electron chi connectivity index (χ3n) is 5.97. The summed E-state index contributed by atoms with van der Waals surface area (Å²) in [4.78, 5) is 48.6. The molecule has 2 aromatic carbocycles. The number of piperidine rings is 1. The lowest BCUT2D eigenvalue weighted by Crippen LogP contribution is -2.52. The number of nitrogens with zero attached hydrogens (tertiary/aromatic N) is 4. The summed E-state index contributed by atoms with van der Waals surface area (Å²) in [5, 5.41) is 3.67. The largest absolute Gasteiger partial charge is 0.345 e. The summed E-state index contributed by atoms with van der Waals surface area (Å²) in [7, 11) is 0. The summed E-state index contributed by atoms with van der Waals surface area (Å²) in [6.07, 6.45) is 2.89. The van der Waals surface area contributed by atoms with Gasteiger partial charge < -0.3 is 10.2 Å². The predicted molar refractivity (Wildman–Crippen MR) is 135 cm³/mol. The predicted octanol–water partition coefficient (Wildman–Crippen LogP) is 3.73. The summed E-state index contributed by atoms with van der Waals surface area (Å²) in [5.74, 6) is 0.472. The van der Waals surface area contributed by atoms with Crippen LogP contribution in [0.5, 0.6) is 0 Å². The van der Waals surface area contributed by atoms with Crippen LogP contribution in [0.25, 0.3) is 28.1 Å². The number of fused-ring (bicyclic) bond motifs is 1. The molecule has 35 heavy (non-hydrogen) atoms. The lowest BCUT2D eigenvalue weighted by Gasteiger charge is -2.32. The number of carbonyl (C=O) groups excluding carboxylic acids is 2. The Morgan fingerprint density at radius 2 is 1.83 bits per heavy atom. The number of para-hydroxylation sites is 1. The molecule has 0 radical (unpaired) electrons. The van der Waals surface area contributed by atoms with Crippen molar-refractivity contribution in [2.45, 2.75) is 25.8 Å². The van der Waals surface area contributed by atoms with E-state index < -0.39 is 6.04 Å². The highest BCUT2D eigenvalue weighted by Crippen LogP contribution is 2.27. The maximum Gasteiger partial charge on any atom is 0.267 e. The van der Waals surface area contributed by atoms with Crippen molar-refractivity contribution in [2.24, 2.45) is 0 Å². The first-order valence-corrected chi connectivity index (χ1v) is 11.6. The number of amides is 2. The van der Waals surface area contributed by atoms with Gasteiger partial charge in [-0.1, -0.05) is 23.7 Å².